The number of Topliss-reactive ketones (excluding diaryl/α,β-unsaturated/α-hetero) is 1. The van der Waals surface area contributed by atoms with Crippen LogP contribution in [-0.4, -0.2) is 22.6 Å². The number of benzene rings is 2. The van der Waals surface area contributed by atoms with Crippen molar-refractivity contribution in [3.8, 4) is 5.75 Å². The summed E-state index contributed by atoms with van der Waals surface area (Å²) in [5.74, 6) is -2.02. The molecule has 4 nitrogen and oxygen atoms in total. The number of alkyl halides is 3. The Hall–Kier alpha value is -2.90. The van der Waals surface area contributed by atoms with Crippen molar-refractivity contribution in [3.63, 3.8) is 0 Å². The van der Waals surface area contributed by atoms with E-state index in [9.17, 15) is 27.6 Å². The summed E-state index contributed by atoms with van der Waals surface area (Å²) < 4.78 is 54.0. The van der Waals surface area contributed by atoms with Crippen LogP contribution >= 0.6 is 0 Å². The zero-order valence-corrected chi connectivity index (χ0v) is 11.2. The first-order valence-corrected chi connectivity index (χ1v) is 6.31. The molecule has 0 aliphatic carbocycles. The van der Waals surface area contributed by atoms with Gasteiger partial charge in [0.25, 0.3) is 11.5 Å². The summed E-state index contributed by atoms with van der Waals surface area (Å²) in [7, 11) is 0. The lowest BCUT2D eigenvalue weighted by Crippen LogP contribution is -2.19. The second-order valence-corrected chi connectivity index (χ2v) is 4.71. The fraction of sp³-hybridized carbons (Fsp3) is 0.0667. The van der Waals surface area contributed by atoms with Gasteiger partial charge in [0.1, 0.15) is 17.1 Å². The maximum Gasteiger partial charge on any atom is 0.573 e. The summed E-state index contributed by atoms with van der Waals surface area (Å²) in [6.07, 6.45) is -4.90. The molecule has 0 spiro atoms. The molecule has 0 aromatic heterocycles. The van der Waals surface area contributed by atoms with Gasteiger partial charge in [0.05, 0.1) is 5.56 Å². The van der Waals surface area contributed by atoms with Gasteiger partial charge in [0.2, 0.25) is 5.69 Å². The highest BCUT2D eigenvalue weighted by atomic mass is 19.4. The van der Waals surface area contributed by atoms with Crippen molar-refractivity contribution in [1.82, 2.24) is 0 Å². The van der Waals surface area contributed by atoms with Crippen LogP contribution in [0.4, 0.5) is 23.2 Å². The van der Waals surface area contributed by atoms with Gasteiger partial charge in [-0.1, -0.05) is 6.07 Å². The summed E-state index contributed by atoms with van der Waals surface area (Å²) >= 11 is 0. The molecule has 0 bridgehead atoms. The Morgan fingerprint density at radius 3 is 2.52 bits per heavy atom. The number of carbonyl (C=O) groups is 1. The molecule has 118 valence electrons. The van der Waals surface area contributed by atoms with Crippen LogP contribution in [0.5, 0.6) is 5.75 Å². The number of halogens is 4. The number of ether oxygens (including phenoxy) is 1. The number of nitrogens with zero attached hydrogens (tertiary/aromatic N) is 1. The Balaban J connectivity index is 2.05. The van der Waals surface area contributed by atoms with Crippen LogP contribution in [0.15, 0.2) is 42.5 Å². The molecule has 8 heteroatoms. The van der Waals surface area contributed by atoms with Crippen molar-refractivity contribution in [2.45, 2.75) is 6.36 Å². The van der Waals surface area contributed by atoms with E-state index < -0.39 is 29.4 Å². The van der Waals surface area contributed by atoms with Crippen molar-refractivity contribution < 1.29 is 31.8 Å². The SMILES string of the molecule is O=C1C(c2cccc(OC(F)(F)F)c2)=[N+]([O-])c2ccc(F)cc21. The van der Waals surface area contributed by atoms with Crippen LogP contribution in [0.2, 0.25) is 0 Å². The molecule has 0 N–H and O–H groups in total. The first kappa shape index (κ1) is 15.0. The Kier molecular flexibility index (Phi) is 3.32. The van der Waals surface area contributed by atoms with Gasteiger partial charge in [-0.25, -0.2) is 4.39 Å². The van der Waals surface area contributed by atoms with Gasteiger partial charge in [0, 0.05) is 6.07 Å². The summed E-state index contributed by atoms with van der Waals surface area (Å²) in [6, 6.07) is 7.54. The van der Waals surface area contributed by atoms with Crippen LogP contribution in [0, 0.1) is 11.0 Å². The van der Waals surface area contributed by atoms with E-state index in [1.807, 2.05) is 0 Å². The van der Waals surface area contributed by atoms with Crippen molar-refractivity contribution in [1.29, 1.82) is 0 Å². The lowest BCUT2D eigenvalue weighted by molar-refractivity contribution is -0.355. The van der Waals surface area contributed by atoms with E-state index in [1.165, 1.54) is 12.1 Å². The topological polar surface area (TPSA) is 52.4 Å². The molecule has 0 fully saturated rings. The van der Waals surface area contributed by atoms with Crippen molar-refractivity contribution in [2.75, 3.05) is 0 Å². The summed E-state index contributed by atoms with van der Waals surface area (Å²) in [6.45, 7) is 0. The molecular weight excluding hydrogens is 318 g/mol. The van der Waals surface area contributed by atoms with Crippen LogP contribution in [-0.2, 0) is 0 Å². The van der Waals surface area contributed by atoms with Crippen LogP contribution in [0.3, 0.4) is 0 Å². The molecule has 0 amide bonds. The number of hydrogen-bond acceptors (Lipinski definition) is 3. The summed E-state index contributed by atoms with van der Waals surface area (Å²) in [5, 5.41) is 12.2. The molecule has 0 saturated carbocycles. The Bertz CT molecular complexity index is 843. The van der Waals surface area contributed by atoms with Crippen molar-refractivity contribution >= 4 is 17.2 Å². The molecule has 2 aromatic carbocycles. The molecule has 0 unspecified atom stereocenters. The second-order valence-electron chi connectivity index (χ2n) is 4.71. The van der Waals surface area contributed by atoms with E-state index >= 15 is 0 Å². The lowest BCUT2D eigenvalue weighted by Gasteiger charge is -2.09. The third-order valence-electron chi connectivity index (χ3n) is 3.18. The van der Waals surface area contributed by atoms with Gasteiger partial charge in [-0.3, -0.25) is 4.79 Å². The van der Waals surface area contributed by atoms with E-state index in [0.717, 1.165) is 30.3 Å². The number of carbonyl (C=O) groups excluding carboxylic acids is 1. The molecule has 2 aromatic rings. The van der Waals surface area contributed by atoms with Gasteiger partial charge in [-0.2, -0.15) is 4.74 Å². The van der Waals surface area contributed by atoms with Crippen LogP contribution < -0.4 is 4.74 Å². The zero-order valence-electron chi connectivity index (χ0n) is 11.2. The van der Waals surface area contributed by atoms with E-state index in [4.69, 9.17) is 0 Å². The minimum absolute atomic E-state index is 0.0524. The quantitative estimate of drug-likeness (QED) is 0.482. The number of rotatable bonds is 2. The van der Waals surface area contributed by atoms with Crippen LogP contribution in [0.1, 0.15) is 15.9 Å². The fourth-order valence-corrected chi connectivity index (χ4v) is 2.30. The Morgan fingerprint density at radius 1 is 1.09 bits per heavy atom. The molecule has 0 saturated heterocycles. The highest BCUT2D eigenvalue weighted by molar-refractivity contribution is 6.52. The largest absolute Gasteiger partial charge is 0.618 e. The van der Waals surface area contributed by atoms with E-state index in [2.05, 4.69) is 4.74 Å². The highest BCUT2D eigenvalue weighted by Crippen LogP contribution is 2.30. The molecular formula is C15H7F4NO3. The van der Waals surface area contributed by atoms with Gasteiger partial charge in [0.15, 0.2) is 0 Å². The molecule has 1 aliphatic rings. The summed E-state index contributed by atoms with van der Waals surface area (Å²) in [4.78, 5) is 12.2. The number of ketones is 1. The maximum atomic E-state index is 13.2. The first-order valence-electron chi connectivity index (χ1n) is 6.31. The Labute approximate surface area is 126 Å². The van der Waals surface area contributed by atoms with Gasteiger partial charge in [-0.05, 0) is 30.3 Å². The predicted molar refractivity (Wildman–Crippen MR) is 71.3 cm³/mol. The van der Waals surface area contributed by atoms with Gasteiger partial charge < -0.3 is 9.94 Å². The van der Waals surface area contributed by atoms with Crippen molar-refractivity contribution in [3.05, 3.63) is 64.6 Å². The smallest absolute Gasteiger partial charge is 0.573 e. The normalized spacial score (nSPS) is 14.2. The standard InChI is InChI=1S/C15H7F4NO3/c16-9-4-5-12-11(7-9)14(21)13(20(12)22)8-2-1-3-10(6-8)23-15(17,18)19/h1-7H. The molecule has 1 heterocycles. The number of hydrogen-bond donors (Lipinski definition) is 0. The van der Waals surface area contributed by atoms with Gasteiger partial charge in [-0.15, -0.1) is 13.2 Å². The maximum absolute atomic E-state index is 13.2. The molecule has 0 atom stereocenters. The zero-order chi connectivity index (χ0) is 16.8. The van der Waals surface area contributed by atoms with E-state index in [-0.39, 0.29) is 21.6 Å². The lowest BCUT2D eigenvalue weighted by atomic mass is 10.0. The minimum Gasteiger partial charge on any atom is -0.618 e. The van der Waals surface area contributed by atoms with E-state index in [0.29, 0.717) is 0 Å². The molecule has 23 heavy (non-hydrogen) atoms. The van der Waals surface area contributed by atoms with Gasteiger partial charge >= 0.3 is 6.36 Å². The molecule has 3 rings (SSSR count). The predicted octanol–water partition coefficient (Wildman–Crippen LogP) is 3.55. The summed E-state index contributed by atoms with van der Waals surface area (Å²) in [5.41, 5.74) is -0.646. The average molecular weight is 325 g/mol. The minimum atomic E-state index is -4.90. The van der Waals surface area contributed by atoms with Crippen LogP contribution in [0.25, 0.3) is 0 Å². The third kappa shape index (κ3) is 2.75. The second kappa shape index (κ2) is 5.08. The fourth-order valence-electron chi connectivity index (χ4n) is 2.30. The number of fused-ring (bicyclic) bond motifs is 1. The first-order chi connectivity index (χ1) is 10.8. The monoisotopic (exact) mass is 325 g/mol. The Morgan fingerprint density at radius 2 is 1.83 bits per heavy atom. The molecule has 0 radical (unpaired) electrons. The van der Waals surface area contributed by atoms with E-state index in [1.54, 1.807) is 0 Å². The average Bonchev–Trinajstić information content (AvgIpc) is 2.69. The van der Waals surface area contributed by atoms with Crippen molar-refractivity contribution in [2.24, 2.45) is 0 Å². The highest BCUT2D eigenvalue weighted by Gasteiger charge is 2.37. The third-order valence-corrected chi connectivity index (χ3v) is 3.18. The molecule has 1 aliphatic heterocycles.